The van der Waals surface area contributed by atoms with E-state index in [9.17, 15) is 4.79 Å². The van der Waals surface area contributed by atoms with E-state index in [0.29, 0.717) is 17.9 Å². The molecule has 1 amide bonds. The fourth-order valence-corrected chi connectivity index (χ4v) is 3.73. The van der Waals surface area contributed by atoms with Crippen LogP contribution in [0.4, 0.5) is 0 Å². The molecule has 0 spiro atoms. The van der Waals surface area contributed by atoms with E-state index < -0.39 is 0 Å². The molecule has 164 valence electrons. The summed E-state index contributed by atoms with van der Waals surface area (Å²) in [6.45, 7) is 1.83. The van der Waals surface area contributed by atoms with Gasteiger partial charge < -0.3 is 14.2 Å². The quantitative estimate of drug-likeness (QED) is 0.542. The number of carbonyl (C=O) groups is 1. The van der Waals surface area contributed by atoms with Crippen LogP contribution in [-0.2, 0) is 4.79 Å². The van der Waals surface area contributed by atoms with Gasteiger partial charge in [-0.2, -0.15) is 5.10 Å². The first-order valence-electron chi connectivity index (χ1n) is 10.5. The summed E-state index contributed by atoms with van der Waals surface area (Å²) in [4.78, 5) is 13.2. The molecule has 6 nitrogen and oxygen atoms in total. The van der Waals surface area contributed by atoms with Crippen molar-refractivity contribution in [1.82, 2.24) is 5.01 Å². The molecule has 0 radical (unpaired) electrons. The minimum Gasteiger partial charge on any atom is -0.497 e. The Balaban J connectivity index is 1.58. The lowest BCUT2D eigenvalue weighted by molar-refractivity contribution is -0.135. The van der Waals surface area contributed by atoms with Crippen molar-refractivity contribution in [3.63, 3.8) is 0 Å². The molecule has 0 fully saturated rings. The molecular weight excluding hydrogens is 404 g/mol. The summed E-state index contributed by atoms with van der Waals surface area (Å²) < 4.78 is 16.5. The molecule has 0 N–H and O–H groups in total. The maximum absolute atomic E-state index is 13.2. The molecule has 3 aromatic carbocycles. The Morgan fingerprint density at radius 1 is 0.969 bits per heavy atom. The van der Waals surface area contributed by atoms with E-state index in [1.54, 1.807) is 14.2 Å². The number of nitrogens with zero attached hydrogens (tertiary/aromatic N) is 2. The third-order valence-electron chi connectivity index (χ3n) is 5.44. The summed E-state index contributed by atoms with van der Waals surface area (Å²) in [5, 5.41) is 6.22. The average molecular weight is 431 g/mol. The van der Waals surface area contributed by atoms with E-state index in [0.717, 1.165) is 28.2 Å². The van der Waals surface area contributed by atoms with Gasteiger partial charge in [-0.25, -0.2) is 5.01 Å². The first-order chi connectivity index (χ1) is 15.6. The lowest BCUT2D eigenvalue weighted by atomic mass is 9.98. The van der Waals surface area contributed by atoms with Crippen molar-refractivity contribution >= 4 is 11.6 Å². The van der Waals surface area contributed by atoms with E-state index in [1.807, 2.05) is 79.7 Å². The van der Waals surface area contributed by atoms with Crippen molar-refractivity contribution in [3.8, 4) is 17.2 Å². The summed E-state index contributed by atoms with van der Waals surface area (Å²) in [6.07, 6.45) is 0.621. The fraction of sp³-hybridized carbons (Fsp3) is 0.231. The number of rotatable bonds is 7. The van der Waals surface area contributed by atoms with Gasteiger partial charge in [0.1, 0.15) is 5.75 Å². The van der Waals surface area contributed by atoms with Gasteiger partial charge in [-0.05, 0) is 47.9 Å². The zero-order chi connectivity index (χ0) is 22.5. The predicted octanol–water partition coefficient (Wildman–Crippen LogP) is 4.77. The monoisotopic (exact) mass is 430 g/mol. The molecule has 32 heavy (non-hydrogen) atoms. The van der Waals surface area contributed by atoms with Gasteiger partial charge in [0, 0.05) is 6.42 Å². The zero-order valence-corrected chi connectivity index (χ0v) is 18.4. The van der Waals surface area contributed by atoms with Crippen LogP contribution in [0.15, 0.2) is 77.9 Å². The maximum atomic E-state index is 13.2. The molecule has 1 aliphatic heterocycles. The average Bonchev–Trinajstić information content (AvgIpc) is 3.29. The summed E-state index contributed by atoms with van der Waals surface area (Å²) in [7, 11) is 3.22. The normalized spacial score (nSPS) is 15.3. The number of aryl methyl sites for hydroxylation is 1. The number of carbonyl (C=O) groups excluding carboxylic acids is 1. The van der Waals surface area contributed by atoms with Gasteiger partial charge in [-0.3, -0.25) is 4.79 Å². The highest BCUT2D eigenvalue weighted by atomic mass is 16.5. The van der Waals surface area contributed by atoms with Crippen LogP contribution >= 0.6 is 0 Å². The molecule has 0 aromatic heterocycles. The Labute approximate surface area is 188 Å². The van der Waals surface area contributed by atoms with Gasteiger partial charge in [-0.1, -0.05) is 48.5 Å². The maximum Gasteiger partial charge on any atom is 0.281 e. The highest BCUT2D eigenvalue weighted by Crippen LogP contribution is 2.34. The van der Waals surface area contributed by atoms with Crippen LogP contribution in [0.1, 0.15) is 29.2 Å². The van der Waals surface area contributed by atoms with Crippen LogP contribution in [-0.4, -0.2) is 37.5 Å². The molecule has 0 saturated heterocycles. The minimum absolute atomic E-state index is 0.141. The smallest absolute Gasteiger partial charge is 0.281 e. The van der Waals surface area contributed by atoms with Crippen LogP contribution in [0.25, 0.3) is 0 Å². The third kappa shape index (κ3) is 4.59. The largest absolute Gasteiger partial charge is 0.497 e. The van der Waals surface area contributed by atoms with Crippen molar-refractivity contribution in [1.29, 1.82) is 0 Å². The second-order valence-corrected chi connectivity index (χ2v) is 7.59. The second kappa shape index (κ2) is 9.56. The number of hydrogen-bond donors (Lipinski definition) is 0. The van der Waals surface area contributed by atoms with Crippen LogP contribution in [0.2, 0.25) is 0 Å². The second-order valence-electron chi connectivity index (χ2n) is 7.59. The van der Waals surface area contributed by atoms with Crippen LogP contribution in [0, 0.1) is 6.92 Å². The Kier molecular flexibility index (Phi) is 6.40. The van der Waals surface area contributed by atoms with Crippen molar-refractivity contribution < 1.29 is 19.0 Å². The first kappa shape index (κ1) is 21.4. The van der Waals surface area contributed by atoms with Crippen molar-refractivity contribution in [2.24, 2.45) is 5.10 Å². The predicted molar refractivity (Wildman–Crippen MR) is 123 cm³/mol. The van der Waals surface area contributed by atoms with Gasteiger partial charge >= 0.3 is 0 Å². The molecule has 0 aliphatic carbocycles. The molecular formula is C26H26N2O4. The van der Waals surface area contributed by atoms with Crippen LogP contribution in [0.5, 0.6) is 17.2 Å². The van der Waals surface area contributed by atoms with Gasteiger partial charge in [0.2, 0.25) is 0 Å². The number of hydrazone groups is 1. The van der Waals surface area contributed by atoms with Crippen molar-refractivity contribution in [2.75, 3.05) is 20.8 Å². The Bertz CT molecular complexity index is 1110. The Hall–Kier alpha value is -3.80. The van der Waals surface area contributed by atoms with Gasteiger partial charge in [0.05, 0.1) is 26.0 Å². The highest BCUT2D eigenvalue weighted by Gasteiger charge is 2.33. The molecule has 1 unspecified atom stereocenters. The van der Waals surface area contributed by atoms with Gasteiger partial charge in [0.15, 0.2) is 18.1 Å². The summed E-state index contributed by atoms with van der Waals surface area (Å²) in [5.41, 5.74) is 3.91. The molecule has 4 rings (SSSR count). The summed E-state index contributed by atoms with van der Waals surface area (Å²) in [5.74, 6) is 1.67. The molecule has 0 bridgehead atoms. The van der Waals surface area contributed by atoms with Crippen LogP contribution in [0.3, 0.4) is 0 Å². The lowest BCUT2D eigenvalue weighted by Crippen LogP contribution is -2.31. The Morgan fingerprint density at radius 2 is 1.72 bits per heavy atom. The topological polar surface area (TPSA) is 60.4 Å². The molecule has 0 saturated carbocycles. The lowest BCUT2D eigenvalue weighted by Gasteiger charge is -2.22. The number of amides is 1. The van der Waals surface area contributed by atoms with Crippen molar-refractivity contribution in [2.45, 2.75) is 19.4 Å². The standard InChI is InChI=1S/C26H26N2O4/c1-18-9-14-24(25(15-18)31-3)32-17-26(29)28-23(20-10-12-21(30-2)13-11-20)16-22(27-28)19-7-5-4-6-8-19/h4-15,23H,16-17H2,1-3H3. The zero-order valence-electron chi connectivity index (χ0n) is 18.4. The molecule has 3 aromatic rings. The van der Waals surface area contributed by atoms with E-state index in [4.69, 9.17) is 14.2 Å². The Morgan fingerprint density at radius 3 is 2.41 bits per heavy atom. The van der Waals surface area contributed by atoms with E-state index in [1.165, 1.54) is 5.01 Å². The number of hydrogen-bond acceptors (Lipinski definition) is 5. The highest BCUT2D eigenvalue weighted by molar-refractivity contribution is 6.03. The third-order valence-corrected chi connectivity index (χ3v) is 5.44. The number of methoxy groups -OCH3 is 2. The molecule has 1 atom stereocenters. The summed E-state index contributed by atoms with van der Waals surface area (Å²) >= 11 is 0. The summed E-state index contributed by atoms with van der Waals surface area (Å²) in [6, 6.07) is 23.0. The molecule has 6 heteroatoms. The van der Waals surface area contributed by atoms with E-state index in [-0.39, 0.29) is 18.6 Å². The SMILES string of the molecule is COc1ccc(C2CC(c3ccccc3)=NN2C(=O)COc2ccc(C)cc2OC)cc1. The fourth-order valence-electron chi connectivity index (χ4n) is 3.73. The van der Waals surface area contributed by atoms with E-state index >= 15 is 0 Å². The minimum atomic E-state index is -0.223. The molecule has 1 heterocycles. The van der Waals surface area contributed by atoms with E-state index in [2.05, 4.69) is 5.10 Å². The van der Waals surface area contributed by atoms with Crippen molar-refractivity contribution in [3.05, 3.63) is 89.5 Å². The molecule has 1 aliphatic rings. The number of benzene rings is 3. The van der Waals surface area contributed by atoms with Gasteiger partial charge in [0.25, 0.3) is 5.91 Å². The number of ether oxygens (including phenoxy) is 3. The van der Waals surface area contributed by atoms with Crippen LogP contribution < -0.4 is 14.2 Å². The van der Waals surface area contributed by atoms with Gasteiger partial charge in [-0.15, -0.1) is 0 Å². The first-order valence-corrected chi connectivity index (χ1v) is 10.5.